The zero-order valence-corrected chi connectivity index (χ0v) is 14.6. The van der Waals surface area contributed by atoms with Crippen molar-refractivity contribution in [3.05, 3.63) is 57.6 Å². The molecule has 3 aromatic rings. The number of aryl methyl sites for hydroxylation is 2. The summed E-state index contributed by atoms with van der Waals surface area (Å²) in [6.45, 7) is 5.71. The van der Waals surface area contributed by atoms with Crippen molar-refractivity contribution in [2.75, 3.05) is 0 Å². The fraction of sp³-hybridized carbons (Fsp3) is 0.250. The van der Waals surface area contributed by atoms with E-state index in [0.717, 1.165) is 21.4 Å². The van der Waals surface area contributed by atoms with Crippen LogP contribution in [-0.2, 0) is 0 Å². The van der Waals surface area contributed by atoms with Crippen molar-refractivity contribution in [1.82, 2.24) is 24.9 Å². The second-order valence-electron chi connectivity index (χ2n) is 5.43. The maximum Gasteiger partial charge on any atom is 0.291 e. The number of benzene rings is 1. The number of carbonyl (C=O) groups is 1. The van der Waals surface area contributed by atoms with Crippen LogP contribution in [0.25, 0.3) is 5.78 Å². The molecule has 1 unspecified atom stereocenters. The van der Waals surface area contributed by atoms with Crippen molar-refractivity contribution in [3.8, 4) is 0 Å². The highest BCUT2D eigenvalue weighted by molar-refractivity contribution is 9.10. The van der Waals surface area contributed by atoms with Crippen LogP contribution >= 0.6 is 15.9 Å². The summed E-state index contributed by atoms with van der Waals surface area (Å²) in [6, 6.07) is 9.56. The Labute approximate surface area is 142 Å². The third-order valence-corrected chi connectivity index (χ3v) is 4.07. The van der Waals surface area contributed by atoms with Gasteiger partial charge in [0, 0.05) is 15.9 Å². The lowest BCUT2D eigenvalue weighted by Crippen LogP contribution is -2.27. The number of nitrogens with zero attached hydrogens (tertiary/aromatic N) is 4. The Bertz CT molecular complexity index is 872. The van der Waals surface area contributed by atoms with Gasteiger partial charge in [-0.2, -0.15) is 4.98 Å². The summed E-state index contributed by atoms with van der Waals surface area (Å²) in [7, 11) is 0. The van der Waals surface area contributed by atoms with E-state index in [-0.39, 0.29) is 17.8 Å². The van der Waals surface area contributed by atoms with Crippen molar-refractivity contribution in [2.45, 2.75) is 26.8 Å². The van der Waals surface area contributed by atoms with Gasteiger partial charge in [0.1, 0.15) is 0 Å². The molecule has 0 bridgehead atoms. The van der Waals surface area contributed by atoms with E-state index < -0.39 is 0 Å². The first kappa shape index (κ1) is 15.6. The molecule has 2 aromatic heterocycles. The van der Waals surface area contributed by atoms with E-state index in [1.165, 1.54) is 0 Å². The quantitative estimate of drug-likeness (QED) is 0.765. The number of halogens is 1. The smallest absolute Gasteiger partial charge is 0.291 e. The SMILES string of the molecule is Cc1cc(C)n2nc(C(=O)NC(C)c3ccc(Br)cc3)nc2n1. The van der Waals surface area contributed by atoms with Crippen LogP contribution in [0.15, 0.2) is 34.8 Å². The molecule has 6 nitrogen and oxygen atoms in total. The lowest BCUT2D eigenvalue weighted by Gasteiger charge is -2.12. The van der Waals surface area contributed by atoms with Crippen molar-refractivity contribution in [2.24, 2.45) is 0 Å². The van der Waals surface area contributed by atoms with E-state index in [9.17, 15) is 4.79 Å². The molecule has 1 aromatic carbocycles. The van der Waals surface area contributed by atoms with E-state index in [2.05, 4.69) is 36.3 Å². The van der Waals surface area contributed by atoms with E-state index >= 15 is 0 Å². The molecule has 0 fully saturated rings. The normalized spacial score (nSPS) is 12.3. The van der Waals surface area contributed by atoms with Gasteiger partial charge in [0.15, 0.2) is 0 Å². The van der Waals surface area contributed by atoms with Crippen LogP contribution < -0.4 is 5.32 Å². The van der Waals surface area contributed by atoms with Crippen molar-refractivity contribution in [1.29, 1.82) is 0 Å². The zero-order chi connectivity index (χ0) is 16.6. The molecule has 3 rings (SSSR count). The second kappa shape index (κ2) is 6.08. The average Bonchev–Trinajstić information content (AvgIpc) is 2.92. The standard InChI is InChI=1S/C16H16BrN5O/c1-9-8-10(2)22-16(18-9)20-14(21-22)15(23)19-11(3)12-4-6-13(17)7-5-12/h4-8,11H,1-3H3,(H,19,23). The Balaban J connectivity index is 1.83. The van der Waals surface area contributed by atoms with Gasteiger partial charge in [0.25, 0.3) is 11.7 Å². The minimum Gasteiger partial charge on any atom is -0.343 e. The highest BCUT2D eigenvalue weighted by Gasteiger charge is 2.17. The summed E-state index contributed by atoms with van der Waals surface area (Å²) in [6.07, 6.45) is 0. The highest BCUT2D eigenvalue weighted by Crippen LogP contribution is 2.17. The fourth-order valence-electron chi connectivity index (χ4n) is 2.36. The van der Waals surface area contributed by atoms with Gasteiger partial charge in [-0.15, -0.1) is 5.10 Å². The Morgan fingerprint density at radius 2 is 1.91 bits per heavy atom. The number of nitrogens with one attached hydrogen (secondary N) is 1. The largest absolute Gasteiger partial charge is 0.343 e. The lowest BCUT2D eigenvalue weighted by molar-refractivity contribution is 0.0929. The van der Waals surface area contributed by atoms with Gasteiger partial charge < -0.3 is 5.32 Å². The molecule has 0 aliphatic heterocycles. The summed E-state index contributed by atoms with van der Waals surface area (Å²) < 4.78 is 2.57. The van der Waals surface area contributed by atoms with Gasteiger partial charge in [-0.1, -0.05) is 28.1 Å². The molecule has 1 N–H and O–H groups in total. The summed E-state index contributed by atoms with van der Waals surface area (Å²) in [4.78, 5) is 20.9. The molecule has 2 heterocycles. The summed E-state index contributed by atoms with van der Waals surface area (Å²) in [5.74, 6) is 0.238. The molecule has 0 spiro atoms. The van der Waals surface area contributed by atoms with E-state index in [1.807, 2.05) is 51.1 Å². The minimum absolute atomic E-state index is 0.121. The predicted molar refractivity (Wildman–Crippen MR) is 90.3 cm³/mol. The van der Waals surface area contributed by atoms with Gasteiger partial charge in [0.05, 0.1) is 6.04 Å². The zero-order valence-electron chi connectivity index (χ0n) is 13.0. The van der Waals surface area contributed by atoms with Crippen LogP contribution in [0.1, 0.15) is 40.5 Å². The third-order valence-electron chi connectivity index (χ3n) is 3.54. The minimum atomic E-state index is -0.317. The summed E-state index contributed by atoms with van der Waals surface area (Å²) in [5.41, 5.74) is 2.74. The predicted octanol–water partition coefficient (Wildman–Crippen LogP) is 2.99. The molecular weight excluding hydrogens is 358 g/mol. The van der Waals surface area contributed by atoms with Crippen molar-refractivity contribution in [3.63, 3.8) is 0 Å². The Morgan fingerprint density at radius 3 is 2.61 bits per heavy atom. The van der Waals surface area contributed by atoms with Crippen LogP contribution in [0, 0.1) is 13.8 Å². The van der Waals surface area contributed by atoms with Gasteiger partial charge in [-0.05, 0) is 44.5 Å². The van der Waals surface area contributed by atoms with Crippen LogP contribution in [0.5, 0.6) is 0 Å². The molecule has 1 amide bonds. The number of amides is 1. The second-order valence-corrected chi connectivity index (χ2v) is 6.35. The van der Waals surface area contributed by atoms with Crippen LogP contribution in [0.3, 0.4) is 0 Å². The molecule has 118 valence electrons. The van der Waals surface area contributed by atoms with Gasteiger partial charge in [0.2, 0.25) is 5.82 Å². The third kappa shape index (κ3) is 3.24. The molecule has 0 aliphatic rings. The van der Waals surface area contributed by atoms with Gasteiger partial charge >= 0.3 is 0 Å². The number of hydrogen-bond acceptors (Lipinski definition) is 4. The van der Waals surface area contributed by atoms with E-state index in [1.54, 1.807) is 4.52 Å². The van der Waals surface area contributed by atoms with Crippen LogP contribution in [0.4, 0.5) is 0 Å². The lowest BCUT2D eigenvalue weighted by atomic mass is 10.1. The first-order valence-electron chi connectivity index (χ1n) is 7.21. The van der Waals surface area contributed by atoms with Crippen molar-refractivity contribution >= 4 is 27.6 Å². The molecule has 1 atom stereocenters. The first-order valence-corrected chi connectivity index (χ1v) is 8.00. The molecule has 0 aliphatic carbocycles. The Kier molecular flexibility index (Phi) is 4.12. The van der Waals surface area contributed by atoms with Gasteiger partial charge in [-0.25, -0.2) is 9.50 Å². The molecular formula is C16H16BrN5O. The van der Waals surface area contributed by atoms with E-state index in [0.29, 0.717) is 5.78 Å². The van der Waals surface area contributed by atoms with Crippen LogP contribution in [-0.4, -0.2) is 25.5 Å². The highest BCUT2D eigenvalue weighted by atomic mass is 79.9. The summed E-state index contributed by atoms with van der Waals surface area (Å²) in [5, 5.41) is 7.14. The number of carbonyl (C=O) groups excluding carboxylic acids is 1. The number of fused-ring (bicyclic) bond motifs is 1. The van der Waals surface area contributed by atoms with Gasteiger partial charge in [-0.3, -0.25) is 4.79 Å². The maximum atomic E-state index is 12.4. The monoisotopic (exact) mass is 373 g/mol. The molecule has 0 saturated heterocycles. The molecule has 7 heteroatoms. The topological polar surface area (TPSA) is 72.2 Å². The van der Waals surface area contributed by atoms with E-state index in [4.69, 9.17) is 0 Å². The number of rotatable bonds is 3. The Hall–Kier alpha value is -2.28. The Morgan fingerprint density at radius 1 is 1.22 bits per heavy atom. The molecule has 0 radical (unpaired) electrons. The molecule has 23 heavy (non-hydrogen) atoms. The fourth-order valence-corrected chi connectivity index (χ4v) is 2.62. The average molecular weight is 374 g/mol. The number of hydrogen-bond donors (Lipinski definition) is 1. The number of aromatic nitrogens is 4. The maximum absolute atomic E-state index is 12.4. The molecule has 0 saturated carbocycles. The van der Waals surface area contributed by atoms with Crippen LogP contribution in [0.2, 0.25) is 0 Å². The van der Waals surface area contributed by atoms with Crippen molar-refractivity contribution < 1.29 is 4.79 Å². The summed E-state index contributed by atoms with van der Waals surface area (Å²) >= 11 is 3.40. The first-order chi connectivity index (χ1) is 10.9.